The standard InChI is InChI=1S/C9H18N4O2/c1-4-13(6-9(2,3)15)5-7-10-8(14)12-11-7/h15H,4-6H2,1-3H3,(H2,10,11,12,14). The molecule has 0 aliphatic carbocycles. The minimum Gasteiger partial charge on any atom is -0.389 e. The van der Waals surface area contributed by atoms with Crippen LogP contribution in [0.1, 0.15) is 26.6 Å². The van der Waals surface area contributed by atoms with Crippen molar-refractivity contribution in [2.24, 2.45) is 0 Å². The molecular weight excluding hydrogens is 196 g/mol. The van der Waals surface area contributed by atoms with Crippen LogP contribution >= 0.6 is 0 Å². The van der Waals surface area contributed by atoms with Gasteiger partial charge in [-0.3, -0.25) is 9.88 Å². The van der Waals surface area contributed by atoms with Gasteiger partial charge in [0.25, 0.3) is 0 Å². The minimum atomic E-state index is -0.743. The molecule has 6 heteroatoms. The van der Waals surface area contributed by atoms with Gasteiger partial charge < -0.3 is 5.11 Å². The van der Waals surface area contributed by atoms with Crippen molar-refractivity contribution >= 4 is 0 Å². The summed E-state index contributed by atoms with van der Waals surface area (Å²) in [5.74, 6) is 0.589. The van der Waals surface area contributed by atoms with E-state index in [2.05, 4.69) is 15.2 Å². The molecule has 1 rings (SSSR count). The van der Waals surface area contributed by atoms with E-state index in [4.69, 9.17) is 0 Å². The van der Waals surface area contributed by atoms with Crippen molar-refractivity contribution in [3.8, 4) is 0 Å². The Hall–Kier alpha value is -1.14. The minimum absolute atomic E-state index is 0.302. The summed E-state index contributed by atoms with van der Waals surface area (Å²) in [6.45, 7) is 7.36. The Bertz CT molecular complexity index is 349. The summed E-state index contributed by atoms with van der Waals surface area (Å²) in [4.78, 5) is 15.4. The highest BCUT2D eigenvalue weighted by molar-refractivity contribution is 4.82. The third-order valence-corrected chi connectivity index (χ3v) is 1.98. The molecule has 0 unspecified atom stereocenters. The summed E-state index contributed by atoms with van der Waals surface area (Å²) in [6.07, 6.45) is 0. The van der Waals surface area contributed by atoms with E-state index < -0.39 is 5.60 Å². The van der Waals surface area contributed by atoms with Crippen molar-refractivity contribution in [3.63, 3.8) is 0 Å². The van der Waals surface area contributed by atoms with E-state index in [1.54, 1.807) is 13.8 Å². The Morgan fingerprint density at radius 3 is 2.60 bits per heavy atom. The lowest BCUT2D eigenvalue weighted by molar-refractivity contribution is 0.0346. The first-order chi connectivity index (χ1) is 6.90. The third kappa shape index (κ3) is 4.26. The van der Waals surface area contributed by atoms with Gasteiger partial charge >= 0.3 is 5.69 Å². The van der Waals surface area contributed by atoms with E-state index in [1.807, 2.05) is 11.8 Å². The number of hydrogen-bond acceptors (Lipinski definition) is 4. The van der Waals surface area contributed by atoms with E-state index in [0.717, 1.165) is 6.54 Å². The summed E-state index contributed by atoms with van der Waals surface area (Å²) in [6, 6.07) is 0. The van der Waals surface area contributed by atoms with Gasteiger partial charge in [-0.15, -0.1) is 0 Å². The molecule has 0 aliphatic heterocycles. The summed E-state index contributed by atoms with van der Waals surface area (Å²) in [7, 11) is 0. The maximum atomic E-state index is 10.8. The van der Waals surface area contributed by atoms with Crippen LogP contribution in [-0.4, -0.2) is 43.9 Å². The molecule has 0 aliphatic rings. The average molecular weight is 214 g/mol. The Balaban J connectivity index is 2.58. The maximum absolute atomic E-state index is 10.8. The van der Waals surface area contributed by atoms with Gasteiger partial charge in [-0.1, -0.05) is 6.92 Å². The van der Waals surface area contributed by atoms with Crippen molar-refractivity contribution in [1.29, 1.82) is 0 Å². The summed E-state index contributed by atoms with van der Waals surface area (Å²) < 4.78 is 0. The van der Waals surface area contributed by atoms with Crippen LogP contribution in [0.25, 0.3) is 0 Å². The number of nitrogens with one attached hydrogen (secondary N) is 2. The predicted molar refractivity (Wildman–Crippen MR) is 56.5 cm³/mol. The van der Waals surface area contributed by atoms with Crippen molar-refractivity contribution in [3.05, 3.63) is 16.3 Å². The van der Waals surface area contributed by atoms with E-state index in [9.17, 15) is 9.90 Å². The number of H-pyrrole nitrogens is 2. The molecule has 0 radical (unpaired) electrons. The molecule has 0 aromatic carbocycles. The van der Waals surface area contributed by atoms with Crippen LogP contribution in [0.4, 0.5) is 0 Å². The normalized spacial score (nSPS) is 12.3. The molecule has 0 fully saturated rings. The van der Waals surface area contributed by atoms with Gasteiger partial charge in [0.2, 0.25) is 0 Å². The zero-order chi connectivity index (χ0) is 11.5. The molecule has 0 amide bonds. The highest BCUT2D eigenvalue weighted by Gasteiger charge is 2.18. The molecule has 0 atom stereocenters. The zero-order valence-electron chi connectivity index (χ0n) is 9.37. The monoisotopic (exact) mass is 214 g/mol. The van der Waals surface area contributed by atoms with Crippen LogP contribution in [0.5, 0.6) is 0 Å². The number of likely N-dealkylation sites (N-methyl/N-ethyl adjacent to an activating group) is 1. The van der Waals surface area contributed by atoms with Gasteiger partial charge in [-0.25, -0.2) is 9.89 Å². The smallest absolute Gasteiger partial charge is 0.340 e. The Kier molecular flexibility index (Phi) is 3.65. The highest BCUT2D eigenvalue weighted by atomic mass is 16.3. The predicted octanol–water partition coefficient (Wildman–Crippen LogP) is -0.309. The van der Waals surface area contributed by atoms with Crippen molar-refractivity contribution in [2.45, 2.75) is 32.9 Å². The second-order valence-electron chi connectivity index (χ2n) is 4.24. The number of aliphatic hydroxyl groups is 1. The topological polar surface area (TPSA) is 85.0 Å². The van der Waals surface area contributed by atoms with Crippen LogP contribution in [0, 0.1) is 0 Å². The van der Waals surface area contributed by atoms with E-state index >= 15 is 0 Å². The lowest BCUT2D eigenvalue weighted by Crippen LogP contribution is -2.38. The van der Waals surface area contributed by atoms with Crippen molar-refractivity contribution < 1.29 is 5.11 Å². The largest absolute Gasteiger partial charge is 0.389 e. The van der Waals surface area contributed by atoms with Crippen LogP contribution < -0.4 is 5.69 Å². The van der Waals surface area contributed by atoms with E-state index in [-0.39, 0.29) is 5.69 Å². The molecule has 0 spiro atoms. The van der Waals surface area contributed by atoms with Crippen LogP contribution in [0.2, 0.25) is 0 Å². The van der Waals surface area contributed by atoms with Gasteiger partial charge in [-0.2, -0.15) is 5.10 Å². The molecule has 1 aromatic rings. The van der Waals surface area contributed by atoms with E-state index in [0.29, 0.717) is 18.9 Å². The summed E-state index contributed by atoms with van der Waals surface area (Å²) in [5.41, 5.74) is -1.05. The molecule has 0 bridgehead atoms. The molecule has 0 saturated heterocycles. The fourth-order valence-corrected chi connectivity index (χ4v) is 1.42. The number of rotatable bonds is 5. The lowest BCUT2D eigenvalue weighted by Gasteiger charge is -2.26. The fraction of sp³-hybridized carbons (Fsp3) is 0.778. The van der Waals surface area contributed by atoms with Gasteiger partial charge in [0.1, 0.15) is 5.82 Å². The molecule has 0 saturated carbocycles. The highest BCUT2D eigenvalue weighted by Crippen LogP contribution is 2.06. The second kappa shape index (κ2) is 4.59. The summed E-state index contributed by atoms with van der Waals surface area (Å²) in [5, 5.41) is 15.8. The number of aromatic amines is 2. The molecule has 6 nitrogen and oxygen atoms in total. The first-order valence-corrected chi connectivity index (χ1v) is 4.99. The zero-order valence-corrected chi connectivity index (χ0v) is 9.37. The Labute approximate surface area is 88.3 Å². The van der Waals surface area contributed by atoms with Gasteiger partial charge in [0.05, 0.1) is 12.1 Å². The Morgan fingerprint density at radius 2 is 2.20 bits per heavy atom. The van der Waals surface area contributed by atoms with Crippen molar-refractivity contribution in [1.82, 2.24) is 20.1 Å². The third-order valence-electron chi connectivity index (χ3n) is 1.98. The number of aromatic nitrogens is 3. The molecule has 1 heterocycles. The van der Waals surface area contributed by atoms with Crippen LogP contribution in [0.15, 0.2) is 4.79 Å². The SMILES string of the molecule is CCN(Cc1n[nH]c(=O)[nH]1)CC(C)(C)O. The number of hydrogen-bond donors (Lipinski definition) is 3. The molecule has 15 heavy (non-hydrogen) atoms. The first-order valence-electron chi connectivity index (χ1n) is 4.99. The maximum Gasteiger partial charge on any atom is 0.340 e. The molecule has 1 aromatic heterocycles. The molecule has 86 valence electrons. The summed E-state index contributed by atoms with van der Waals surface area (Å²) >= 11 is 0. The second-order valence-corrected chi connectivity index (χ2v) is 4.24. The first kappa shape index (κ1) is 11.9. The average Bonchev–Trinajstić information content (AvgIpc) is 2.47. The lowest BCUT2D eigenvalue weighted by atomic mass is 10.1. The van der Waals surface area contributed by atoms with Gasteiger partial charge in [0.15, 0.2) is 0 Å². The van der Waals surface area contributed by atoms with Crippen LogP contribution in [0.3, 0.4) is 0 Å². The Morgan fingerprint density at radius 1 is 1.53 bits per heavy atom. The molecular formula is C9H18N4O2. The van der Waals surface area contributed by atoms with Gasteiger partial charge in [0, 0.05) is 6.54 Å². The van der Waals surface area contributed by atoms with Gasteiger partial charge in [-0.05, 0) is 20.4 Å². The fourth-order valence-electron chi connectivity index (χ4n) is 1.42. The van der Waals surface area contributed by atoms with Crippen LogP contribution in [-0.2, 0) is 6.54 Å². The van der Waals surface area contributed by atoms with Crippen molar-refractivity contribution in [2.75, 3.05) is 13.1 Å². The quantitative estimate of drug-likeness (QED) is 0.627. The number of nitrogens with zero attached hydrogens (tertiary/aromatic N) is 2. The van der Waals surface area contributed by atoms with E-state index in [1.165, 1.54) is 0 Å². The molecule has 3 N–H and O–H groups in total.